The Balaban J connectivity index is 2.23. The summed E-state index contributed by atoms with van der Waals surface area (Å²) in [6.07, 6.45) is -3.02. The van der Waals surface area contributed by atoms with Crippen LogP contribution in [0.1, 0.15) is 64.2 Å². The van der Waals surface area contributed by atoms with Gasteiger partial charge in [0.25, 0.3) is 0 Å². The fourth-order valence-corrected chi connectivity index (χ4v) is 4.22. The van der Waals surface area contributed by atoms with Crippen LogP contribution in [0.4, 0.5) is 13.2 Å². The number of benzene rings is 2. The zero-order chi connectivity index (χ0) is 23.2. The summed E-state index contributed by atoms with van der Waals surface area (Å²) in [6, 6.07) is 18.4. The van der Waals surface area contributed by atoms with Crippen LogP contribution in [0.5, 0.6) is 0 Å². The van der Waals surface area contributed by atoms with E-state index in [0.717, 1.165) is 25.1 Å². The molecule has 2 unspecified atom stereocenters. The van der Waals surface area contributed by atoms with E-state index in [4.69, 9.17) is 0 Å². The van der Waals surface area contributed by atoms with Gasteiger partial charge in [0.05, 0.1) is 17.0 Å². The molecule has 0 aliphatic heterocycles. The highest BCUT2D eigenvalue weighted by Crippen LogP contribution is 2.39. The Morgan fingerprint density at radius 2 is 1.42 bits per heavy atom. The molecular weight excluding hydrogens is 397 g/mol. The predicted octanol–water partition coefficient (Wildman–Crippen LogP) is 7.20. The first-order valence-electron chi connectivity index (χ1n) is 10.9. The number of nitriles is 1. The minimum absolute atomic E-state index is 0.0249. The molecule has 2 rings (SSSR count). The lowest BCUT2D eigenvalue weighted by molar-refractivity contribution is -0.137. The van der Waals surface area contributed by atoms with Gasteiger partial charge in [-0.15, -0.1) is 0 Å². The molecule has 0 saturated heterocycles. The molecule has 2 aromatic rings. The van der Waals surface area contributed by atoms with E-state index in [2.05, 4.69) is 43.9 Å². The van der Waals surface area contributed by atoms with Crippen LogP contribution in [-0.2, 0) is 18.1 Å². The van der Waals surface area contributed by atoms with Crippen LogP contribution in [0.3, 0.4) is 0 Å². The maximum atomic E-state index is 13.0. The summed E-state index contributed by atoms with van der Waals surface area (Å²) in [5.74, 6) is -0.0249. The van der Waals surface area contributed by atoms with E-state index < -0.39 is 17.2 Å². The summed E-state index contributed by atoms with van der Waals surface area (Å²) in [6.45, 7) is 11.2. The summed E-state index contributed by atoms with van der Waals surface area (Å²) >= 11 is 0. The molecule has 0 aromatic heterocycles. The molecule has 2 atom stereocenters. The Hall–Kier alpha value is -2.32. The van der Waals surface area contributed by atoms with E-state index in [1.165, 1.54) is 17.7 Å². The van der Waals surface area contributed by atoms with E-state index in [1.54, 1.807) is 0 Å². The predicted molar refractivity (Wildman–Crippen MR) is 119 cm³/mol. The molecule has 31 heavy (non-hydrogen) atoms. The van der Waals surface area contributed by atoms with Gasteiger partial charge in [-0.3, -0.25) is 4.90 Å². The molecule has 0 saturated carbocycles. The summed E-state index contributed by atoms with van der Waals surface area (Å²) in [5.41, 5.74) is 0.382. The van der Waals surface area contributed by atoms with Gasteiger partial charge in [-0.1, -0.05) is 56.3 Å². The Morgan fingerprint density at radius 3 is 1.87 bits per heavy atom. The van der Waals surface area contributed by atoms with Crippen LogP contribution in [0, 0.1) is 17.2 Å². The highest BCUT2D eigenvalue weighted by atomic mass is 19.4. The first-order chi connectivity index (χ1) is 14.5. The fourth-order valence-electron chi connectivity index (χ4n) is 4.22. The van der Waals surface area contributed by atoms with Crippen molar-refractivity contribution in [3.63, 3.8) is 0 Å². The van der Waals surface area contributed by atoms with Gasteiger partial charge < -0.3 is 0 Å². The zero-order valence-electron chi connectivity index (χ0n) is 19.1. The van der Waals surface area contributed by atoms with E-state index >= 15 is 0 Å². The normalized spacial score (nSPS) is 15.2. The maximum absolute atomic E-state index is 13.0. The van der Waals surface area contributed by atoms with Crippen molar-refractivity contribution in [2.24, 2.45) is 5.92 Å². The van der Waals surface area contributed by atoms with Crippen molar-refractivity contribution >= 4 is 0 Å². The molecular formula is C26H33F3N2. The molecule has 0 fully saturated rings. The number of hydrogen-bond donors (Lipinski definition) is 0. The van der Waals surface area contributed by atoms with Gasteiger partial charge >= 0.3 is 6.18 Å². The molecule has 0 spiro atoms. The van der Waals surface area contributed by atoms with Crippen molar-refractivity contribution in [2.75, 3.05) is 0 Å². The quantitative estimate of drug-likeness (QED) is 0.420. The summed E-state index contributed by atoms with van der Waals surface area (Å²) < 4.78 is 39.0. The molecule has 0 aliphatic rings. The van der Waals surface area contributed by atoms with Crippen LogP contribution in [-0.4, -0.2) is 17.0 Å². The Kier molecular flexibility index (Phi) is 8.31. The average molecular weight is 431 g/mol. The minimum Gasteiger partial charge on any atom is -0.294 e. The van der Waals surface area contributed by atoms with Crippen molar-refractivity contribution < 1.29 is 13.2 Å². The van der Waals surface area contributed by atoms with Crippen molar-refractivity contribution in [3.05, 3.63) is 71.3 Å². The average Bonchev–Trinajstić information content (AvgIpc) is 2.72. The van der Waals surface area contributed by atoms with Crippen LogP contribution >= 0.6 is 0 Å². The van der Waals surface area contributed by atoms with Crippen molar-refractivity contribution in [2.45, 2.75) is 77.7 Å². The third-order valence-corrected chi connectivity index (χ3v) is 6.31. The van der Waals surface area contributed by atoms with Crippen LogP contribution in [0.15, 0.2) is 54.6 Å². The minimum atomic E-state index is -4.38. The second-order valence-corrected chi connectivity index (χ2v) is 8.95. The number of hydrogen-bond acceptors (Lipinski definition) is 2. The van der Waals surface area contributed by atoms with Gasteiger partial charge in [-0.25, -0.2) is 0 Å². The largest absolute Gasteiger partial charge is 0.416 e. The van der Waals surface area contributed by atoms with Crippen LogP contribution in [0.25, 0.3) is 0 Å². The lowest BCUT2D eigenvalue weighted by Crippen LogP contribution is -2.40. The second-order valence-electron chi connectivity index (χ2n) is 8.95. The van der Waals surface area contributed by atoms with Gasteiger partial charge in [0.2, 0.25) is 0 Å². The third-order valence-electron chi connectivity index (χ3n) is 6.31. The van der Waals surface area contributed by atoms with Gasteiger partial charge in [0.1, 0.15) is 0 Å². The molecule has 0 bridgehead atoms. The van der Waals surface area contributed by atoms with Gasteiger partial charge in [-0.05, 0) is 62.8 Å². The second kappa shape index (κ2) is 10.3. The van der Waals surface area contributed by atoms with Crippen molar-refractivity contribution in [1.29, 1.82) is 5.26 Å². The number of rotatable bonds is 9. The molecule has 0 aliphatic carbocycles. The van der Waals surface area contributed by atoms with Gasteiger partial charge in [-0.2, -0.15) is 18.4 Å². The highest BCUT2D eigenvalue weighted by molar-refractivity contribution is 5.36. The maximum Gasteiger partial charge on any atom is 0.416 e. The summed E-state index contributed by atoms with van der Waals surface area (Å²) in [4.78, 5) is 2.41. The van der Waals surface area contributed by atoms with E-state index in [0.29, 0.717) is 18.0 Å². The summed E-state index contributed by atoms with van der Waals surface area (Å²) in [7, 11) is 0. The number of alkyl halides is 3. The molecule has 2 aromatic carbocycles. The monoisotopic (exact) mass is 430 g/mol. The number of halogens is 3. The first kappa shape index (κ1) is 24.9. The van der Waals surface area contributed by atoms with Crippen LogP contribution in [0.2, 0.25) is 0 Å². The molecule has 0 radical (unpaired) electrons. The van der Waals surface area contributed by atoms with Gasteiger partial charge in [0, 0.05) is 18.6 Å². The smallest absolute Gasteiger partial charge is 0.294 e. The third kappa shape index (κ3) is 6.11. The Labute approximate surface area is 184 Å². The molecule has 168 valence electrons. The Bertz CT molecular complexity index is 851. The molecule has 0 heterocycles. The topological polar surface area (TPSA) is 27.0 Å². The highest BCUT2D eigenvalue weighted by Gasteiger charge is 2.38. The lowest BCUT2D eigenvalue weighted by atomic mass is 9.69. The fraction of sp³-hybridized carbons (Fsp3) is 0.500. The molecule has 0 N–H and O–H groups in total. The van der Waals surface area contributed by atoms with Gasteiger partial charge in [0.15, 0.2) is 0 Å². The van der Waals surface area contributed by atoms with E-state index in [-0.39, 0.29) is 12.0 Å². The number of nitrogens with zero attached hydrogens (tertiary/aromatic N) is 2. The van der Waals surface area contributed by atoms with E-state index in [1.807, 2.05) is 32.0 Å². The molecule has 5 heteroatoms. The van der Waals surface area contributed by atoms with Crippen LogP contribution < -0.4 is 0 Å². The first-order valence-corrected chi connectivity index (χ1v) is 10.9. The standard InChI is InChI=1S/C26H33F3N2/c1-19(2)25(18-30,23-11-13-24(14-12-23)26(27,28)29)16-15-21(5)31(20(3)4)17-22-9-7-6-8-10-22/h6-14,19-21H,15-17H2,1-5H3. The molecule has 0 amide bonds. The SMILES string of the molecule is CC(C)N(Cc1ccccc1)C(C)CCC(C#N)(c1ccc(C(F)(F)F)cc1)C(C)C. The molecule has 2 nitrogen and oxygen atoms in total. The van der Waals surface area contributed by atoms with Crippen molar-refractivity contribution in [3.8, 4) is 6.07 Å². The summed E-state index contributed by atoms with van der Waals surface area (Å²) in [5, 5.41) is 10.1. The zero-order valence-corrected chi connectivity index (χ0v) is 19.1. The Morgan fingerprint density at radius 1 is 0.871 bits per heavy atom. The lowest BCUT2D eigenvalue weighted by Gasteiger charge is -2.37. The van der Waals surface area contributed by atoms with E-state index in [9.17, 15) is 18.4 Å². The van der Waals surface area contributed by atoms with Crippen molar-refractivity contribution in [1.82, 2.24) is 4.90 Å².